The third kappa shape index (κ3) is 3.28. The Bertz CT molecular complexity index is 560. The summed E-state index contributed by atoms with van der Waals surface area (Å²) in [4.78, 5) is 22.9. The summed E-state index contributed by atoms with van der Waals surface area (Å²) >= 11 is 0. The van der Waals surface area contributed by atoms with Crippen LogP contribution >= 0.6 is 0 Å². The van der Waals surface area contributed by atoms with E-state index in [9.17, 15) is 4.79 Å². The highest BCUT2D eigenvalue weighted by Gasteiger charge is 2.10. The third-order valence-corrected chi connectivity index (χ3v) is 3.15. The van der Waals surface area contributed by atoms with Crippen LogP contribution in [0.15, 0.2) is 24.7 Å². The molecule has 0 saturated carbocycles. The van der Waals surface area contributed by atoms with Crippen LogP contribution in [-0.4, -0.2) is 20.7 Å². The van der Waals surface area contributed by atoms with E-state index in [4.69, 9.17) is 0 Å². The number of unbranched alkanes of at least 4 members (excludes halogenated alkanes) is 2. The number of nitrogens with one attached hydrogen (secondary N) is 1. The van der Waals surface area contributed by atoms with E-state index in [0.717, 1.165) is 24.2 Å². The molecule has 0 fully saturated rings. The summed E-state index contributed by atoms with van der Waals surface area (Å²) in [5.74, 6) is 0.725. The minimum atomic E-state index is -0.0240. The van der Waals surface area contributed by atoms with Crippen LogP contribution in [0.25, 0.3) is 11.4 Å². The average Bonchev–Trinajstić information content (AvgIpc) is 2.89. The molecule has 4 heteroatoms. The van der Waals surface area contributed by atoms with E-state index in [2.05, 4.69) is 21.9 Å². The van der Waals surface area contributed by atoms with Crippen LogP contribution in [0.4, 0.5) is 0 Å². The van der Waals surface area contributed by atoms with Crippen molar-refractivity contribution in [2.45, 2.75) is 39.5 Å². The molecule has 0 saturated heterocycles. The van der Waals surface area contributed by atoms with Crippen LogP contribution in [0.1, 0.15) is 49.2 Å². The largest absolute Gasteiger partial charge is 0.344 e. The van der Waals surface area contributed by atoms with Crippen molar-refractivity contribution in [1.82, 2.24) is 15.0 Å². The van der Waals surface area contributed by atoms with Gasteiger partial charge in [0.2, 0.25) is 0 Å². The van der Waals surface area contributed by atoms with Gasteiger partial charge in [-0.25, -0.2) is 4.98 Å². The van der Waals surface area contributed by atoms with Gasteiger partial charge in [0.15, 0.2) is 5.78 Å². The predicted molar refractivity (Wildman–Crippen MR) is 75.1 cm³/mol. The highest BCUT2D eigenvalue weighted by Crippen LogP contribution is 2.21. The van der Waals surface area contributed by atoms with Gasteiger partial charge in [-0.2, -0.15) is 0 Å². The summed E-state index contributed by atoms with van der Waals surface area (Å²) in [6, 6.07) is 1.95. The predicted octanol–water partition coefficient (Wildman–Crippen LogP) is 3.41. The van der Waals surface area contributed by atoms with Crippen molar-refractivity contribution < 1.29 is 4.79 Å². The summed E-state index contributed by atoms with van der Waals surface area (Å²) in [5.41, 5.74) is 2.70. The number of rotatable bonds is 6. The molecule has 2 heterocycles. The Morgan fingerprint density at radius 3 is 2.89 bits per heavy atom. The van der Waals surface area contributed by atoms with Crippen LogP contribution in [0.5, 0.6) is 0 Å². The monoisotopic (exact) mass is 257 g/mol. The summed E-state index contributed by atoms with van der Waals surface area (Å²) in [5, 5.41) is 0. The second kappa shape index (κ2) is 6.27. The number of carbonyl (C=O) groups is 1. The summed E-state index contributed by atoms with van der Waals surface area (Å²) < 4.78 is 0. The van der Waals surface area contributed by atoms with Crippen molar-refractivity contribution in [2.24, 2.45) is 0 Å². The topological polar surface area (TPSA) is 58.6 Å². The molecule has 19 heavy (non-hydrogen) atoms. The molecular weight excluding hydrogens is 238 g/mol. The molecule has 0 aliphatic heterocycles. The van der Waals surface area contributed by atoms with E-state index in [-0.39, 0.29) is 5.78 Å². The Balaban J connectivity index is 2.25. The fourth-order valence-corrected chi connectivity index (χ4v) is 2.06. The third-order valence-electron chi connectivity index (χ3n) is 3.15. The number of Topliss-reactive ketones (excluding diaryl/α,β-unsaturated/α-hetero) is 1. The molecule has 0 unspecified atom stereocenters. The zero-order chi connectivity index (χ0) is 13.7. The van der Waals surface area contributed by atoms with E-state index in [0.29, 0.717) is 5.69 Å². The molecule has 2 rings (SSSR count). The second-order valence-electron chi connectivity index (χ2n) is 4.68. The minimum absolute atomic E-state index is 0.0240. The number of nitrogens with zero attached hydrogens (tertiary/aromatic N) is 2. The molecule has 0 bridgehead atoms. The van der Waals surface area contributed by atoms with Crippen LogP contribution in [0, 0.1) is 0 Å². The number of ketones is 1. The first-order chi connectivity index (χ1) is 9.22. The number of aromatic nitrogens is 3. The summed E-state index contributed by atoms with van der Waals surface area (Å²) in [7, 11) is 0. The quantitative estimate of drug-likeness (QED) is 0.637. The molecule has 2 aromatic rings. The highest BCUT2D eigenvalue weighted by molar-refractivity contribution is 5.92. The molecule has 4 nitrogen and oxygen atoms in total. The van der Waals surface area contributed by atoms with E-state index >= 15 is 0 Å². The van der Waals surface area contributed by atoms with E-state index in [1.54, 1.807) is 12.4 Å². The second-order valence-corrected chi connectivity index (χ2v) is 4.68. The minimum Gasteiger partial charge on any atom is -0.344 e. The van der Waals surface area contributed by atoms with Gasteiger partial charge in [-0.1, -0.05) is 19.8 Å². The van der Waals surface area contributed by atoms with Gasteiger partial charge in [0.05, 0.1) is 0 Å². The molecule has 100 valence electrons. The number of H-pyrrole nitrogens is 1. The zero-order valence-corrected chi connectivity index (χ0v) is 11.4. The van der Waals surface area contributed by atoms with Gasteiger partial charge < -0.3 is 4.98 Å². The molecule has 2 aromatic heterocycles. The Morgan fingerprint density at radius 2 is 2.21 bits per heavy atom. The smallest absolute Gasteiger partial charge is 0.179 e. The Labute approximate surface area is 113 Å². The van der Waals surface area contributed by atoms with Gasteiger partial charge in [0.1, 0.15) is 11.5 Å². The average molecular weight is 257 g/mol. The molecule has 1 N–H and O–H groups in total. The first-order valence-electron chi connectivity index (χ1n) is 6.72. The van der Waals surface area contributed by atoms with E-state index < -0.39 is 0 Å². The van der Waals surface area contributed by atoms with Crippen molar-refractivity contribution in [3.63, 3.8) is 0 Å². The maximum atomic E-state index is 11.3. The molecular formula is C15H19N3O. The Hall–Kier alpha value is -1.97. The molecule has 0 atom stereocenters. The van der Waals surface area contributed by atoms with E-state index in [1.165, 1.54) is 25.3 Å². The van der Waals surface area contributed by atoms with Crippen molar-refractivity contribution in [2.75, 3.05) is 0 Å². The number of aromatic amines is 1. The lowest BCUT2D eigenvalue weighted by Gasteiger charge is -2.06. The maximum Gasteiger partial charge on any atom is 0.179 e. The number of aryl methyl sites for hydroxylation is 1. The Morgan fingerprint density at radius 1 is 1.37 bits per heavy atom. The van der Waals surface area contributed by atoms with Gasteiger partial charge in [-0.05, 0) is 24.5 Å². The van der Waals surface area contributed by atoms with Crippen LogP contribution < -0.4 is 0 Å². The van der Waals surface area contributed by atoms with Crippen molar-refractivity contribution in [3.05, 3.63) is 35.9 Å². The van der Waals surface area contributed by atoms with Gasteiger partial charge in [0.25, 0.3) is 0 Å². The number of carbonyl (C=O) groups excluding carboxylic acids is 1. The first kappa shape index (κ1) is 13.5. The summed E-state index contributed by atoms with van der Waals surface area (Å²) in [6.07, 6.45) is 9.86. The number of hydrogen-bond donors (Lipinski definition) is 1. The number of pyridine rings is 1. The van der Waals surface area contributed by atoms with Crippen LogP contribution in [0.3, 0.4) is 0 Å². The van der Waals surface area contributed by atoms with Crippen LogP contribution in [0.2, 0.25) is 0 Å². The molecule has 0 amide bonds. The molecule has 0 radical (unpaired) electrons. The standard InChI is InChI=1S/C15H19N3O/c1-3-4-5-6-12-9-16-8-7-13(12)15-17-10-14(18-15)11(2)19/h7-10H,3-6H2,1-2H3,(H,17,18). The van der Waals surface area contributed by atoms with E-state index in [1.807, 2.05) is 12.3 Å². The maximum absolute atomic E-state index is 11.3. The fourth-order valence-electron chi connectivity index (χ4n) is 2.06. The summed E-state index contributed by atoms with van der Waals surface area (Å²) in [6.45, 7) is 3.71. The van der Waals surface area contributed by atoms with Crippen molar-refractivity contribution in [1.29, 1.82) is 0 Å². The lowest BCUT2D eigenvalue weighted by atomic mass is 10.0. The first-order valence-corrected chi connectivity index (χ1v) is 6.72. The lowest BCUT2D eigenvalue weighted by Crippen LogP contribution is -1.95. The molecule has 0 aliphatic carbocycles. The van der Waals surface area contributed by atoms with Gasteiger partial charge in [-0.3, -0.25) is 9.78 Å². The number of hydrogen-bond acceptors (Lipinski definition) is 3. The fraction of sp³-hybridized carbons (Fsp3) is 0.400. The van der Waals surface area contributed by atoms with Crippen molar-refractivity contribution in [3.8, 4) is 11.4 Å². The highest BCUT2D eigenvalue weighted by atomic mass is 16.1. The molecule has 0 aromatic carbocycles. The number of imidazole rings is 1. The van der Waals surface area contributed by atoms with Crippen LogP contribution in [-0.2, 0) is 6.42 Å². The van der Waals surface area contributed by atoms with Crippen molar-refractivity contribution >= 4 is 5.78 Å². The zero-order valence-electron chi connectivity index (χ0n) is 11.4. The van der Waals surface area contributed by atoms with Gasteiger partial charge in [-0.15, -0.1) is 0 Å². The molecule has 0 spiro atoms. The lowest BCUT2D eigenvalue weighted by molar-refractivity contribution is 0.101. The normalized spacial score (nSPS) is 10.6. The Kier molecular flexibility index (Phi) is 4.44. The van der Waals surface area contributed by atoms with Gasteiger partial charge >= 0.3 is 0 Å². The van der Waals surface area contributed by atoms with Gasteiger partial charge in [0, 0.05) is 31.1 Å². The SMILES string of the molecule is CCCCCc1cnccc1-c1nc(C(C)=O)c[nH]1. The molecule has 0 aliphatic rings.